The zero-order chi connectivity index (χ0) is 9.35. The molecule has 1 rings (SSSR count). The molecule has 0 spiro atoms. The summed E-state index contributed by atoms with van der Waals surface area (Å²) < 4.78 is 29.4. The number of rotatable bonds is 1. The van der Waals surface area contributed by atoms with Gasteiger partial charge in [0.2, 0.25) is 0 Å². The van der Waals surface area contributed by atoms with E-state index in [0.29, 0.717) is 6.08 Å². The van der Waals surface area contributed by atoms with Crippen LogP contribution in [0.4, 0.5) is 0 Å². The van der Waals surface area contributed by atoms with Crippen molar-refractivity contribution in [1.29, 1.82) is 0 Å². The molecule has 7 heteroatoms. The van der Waals surface area contributed by atoms with Gasteiger partial charge in [-0.1, -0.05) is 0 Å². The molecular weight excluding hydrogens is 223 g/mol. The van der Waals surface area contributed by atoms with Gasteiger partial charge in [0.15, 0.2) is 11.6 Å². The number of hydrogen-bond acceptors (Lipinski definition) is 4. The molecular formula is C6H7KO5S. The quantitative estimate of drug-likeness (QED) is 0.463. The summed E-state index contributed by atoms with van der Waals surface area (Å²) in [5, 5.41) is 0. The van der Waals surface area contributed by atoms with Gasteiger partial charge < -0.3 is 0 Å². The van der Waals surface area contributed by atoms with E-state index in [2.05, 4.69) is 0 Å². The first-order chi connectivity index (χ1) is 5.41. The molecule has 0 aromatic rings. The first kappa shape index (κ1) is 13.6. The average Bonchev–Trinajstić information content (AvgIpc) is 1.92. The predicted octanol–water partition coefficient (Wildman–Crippen LogP) is -0.958. The van der Waals surface area contributed by atoms with E-state index in [-0.39, 0.29) is 64.2 Å². The molecule has 1 aliphatic rings. The molecule has 0 saturated heterocycles. The Morgan fingerprint density at radius 3 is 2.15 bits per heavy atom. The molecule has 5 nitrogen and oxygen atoms in total. The van der Waals surface area contributed by atoms with Crippen molar-refractivity contribution >= 4 is 73.1 Å². The van der Waals surface area contributed by atoms with Crippen LogP contribution in [-0.2, 0) is 19.7 Å². The van der Waals surface area contributed by atoms with E-state index < -0.39 is 26.6 Å². The summed E-state index contributed by atoms with van der Waals surface area (Å²) in [4.78, 5) is 20.7. The van der Waals surface area contributed by atoms with Gasteiger partial charge in [0.1, 0.15) is 4.91 Å². The Morgan fingerprint density at radius 1 is 1.23 bits per heavy atom. The Balaban J connectivity index is 0.00000144. The fourth-order valence-corrected chi connectivity index (χ4v) is 1.55. The van der Waals surface area contributed by atoms with Crippen LogP contribution in [0.2, 0.25) is 0 Å². The fraction of sp³-hybridized carbons (Fsp3) is 0.333. The van der Waals surface area contributed by atoms with Crippen molar-refractivity contribution in [2.45, 2.75) is 12.8 Å². The summed E-state index contributed by atoms with van der Waals surface area (Å²) >= 11 is 0. The van der Waals surface area contributed by atoms with Gasteiger partial charge >= 0.3 is 51.4 Å². The van der Waals surface area contributed by atoms with Gasteiger partial charge in [0, 0.05) is 18.9 Å². The van der Waals surface area contributed by atoms with Gasteiger partial charge in [-0.05, 0) is 0 Å². The first-order valence-corrected chi connectivity index (χ1v) is 4.60. The summed E-state index contributed by atoms with van der Waals surface area (Å²) in [5.74, 6) is -1.17. The fourth-order valence-electron chi connectivity index (χ4n) is 0.877. The van der Waals surface area contributed by atoms with Crippen LogP contribution in [0, 0.1) is 0 Å². The third-order valence-electron chi connectivity index (χ3n) is 1.44. The molecule has 0 aliphatic heterocycles. The molecule has 0 radical (unpaired) electrons. The Morgan fingerprint density at radius 2 is 1.77 bits per heavy atom. The van der Waals surface area contributed by atoms with Gasteiger partial charge in [0.05, 0.1) is 0 Å². The van der Waals surface area contributed by atoms with Gasteiger partial charge in [-0.3, -0.25) is 14.1 Å². The number of Topliss-reactive ketones (excluding diaryl/α,β-unsaturated/α-hetero) is 1. The molecule has 0 heterocycles. The molecule has 0 atom stereocenters. The molecule has 13 heavy (non-hydrogen) atoms. The van der Waals surface area contributed by atoms with E-state index in [9.17, 15) is 18.0 Å². The van der Waals surface area contributed by atoms with Gasteiger partial charge in [0.25, 0.3) is 10.1 Å². The zero-order valence-corrected chi connectivity index (χ0v) is 6.80. The second-order valence-electron chi connectivity index (χ2n) is 2.37. The van der Waals surface area contributed by atoms with Crippen LogP contribution in [0.1, 0.15) is 12.8 Å². The van der Waals surface area contributed by atoms with Crippen molar-refractivity contribution in [2.24, 2.45) is 0 Å². The van der Waals surface area contributed by atoms with Crippen molar-refractivity contribution in [1.82, 2.24) is 0 Å². The third kappa shape index (κ3) is 3.70. The van der Waals surface area contributed by atoms with Crippen molar-refractivity contribution < 1.29 is 22.6 Å². The van der Waals surface area contributed by atoms with Crippen molar-refractivity contribution in [3.8, 4) is 0 Å². The van der Waals surface area contributed by atoms with E-state index in [0.717, 1.165) is 0 Å². The number of ketones is 2. The third-order valence-corrected chi connectivity index (χ3v) is 2.34. The maximum atomic E-state index is 10.8. The Kier molecular flexibility index (Phi) is 5.16. The summed E-state index contributed by atoms with van der Waals surface area (Å²) in [5.41, 5.74) is 0. The monoisotopic (exact) mass is 230 g/mol. The number of allylic oxidation sites excluding steroid dienone is 2. The van der Waals surface area contributed by atoms with Crippen LogP contribution in [0.5, 0.6) is 0 Å². The Hall–Kier alpha value is 0.626. The van der Waals surface area contributed by atoms with Gasteiger partial charge in [-0.25, -0.2) is 0 Å². The van der Waals surface area contributed by atoms with Crippen molar-refractivity contribution in [2.75, 3.05) is 0 Å². The molecule has 0 bridgehead atoms. The molecule has 0 aromatic heterocycles. The minimum absolute atomic E-state index is 0. The normalized spacial score (nSPS) is 17.8. The maximum absolute atomic E-state index is 10.8. The van der Waals surface area contributed by atoms with E-state index >= 15 is 0 Å². The predicted molar refractivity (Wildman–Crippen MR) is 46.0 cm³/mol. The van der Waals surface area contributed by atoms with Gasteiger partial charge in [-0.2, -0.15) is 8.42 Å². The number of carbonyl (C=O) groups excluding carboxylic acids is 2. The molecule has 1 N–H and O–H groups in total. The van der Waals surface area contributed by atoms with E-state index in [1.165, 1.54) is 0 Å². The summed E-state index contributed by atoms with van der Waals surface area (Å²) in [6.45, 7) is 0. The second-order valence-corrected chi connectivity index (χ2v) is 3.76. The molecule has 0 aromatic carbocycles. The van der Waals surface area contributed by atoms with Crippen LogP contribution >= 0.6 is 0 Å². The van der Waals surface area contributed by atoms with Crippen molar-refractivity contribution in [3.05, 3.63) is 11.0 Å². The summed E-state index contributed by atoms with van der Waals surface area (Å²) in [6.07, 6.45) is 0.531. The summed E-state index contributed by atoms with van der Waals surface area (Å²) in [7, 11) is -4.52. The van der Waals surface area contributed by atoms with E-state index in [4.69, 9.17) is 4.55 Å². The van der Waals surface area contributed by atoms with E-state index in [1.54, 1.807) is 0 Å². The molecule has 0 fully saturated rings. The SMILES string of the molecule is O=C1C=C(S(=O)(=O)O)C(=O)CC1.[KH]. The Bertz CT molecular complexity index is 366. The van der Waals surface area contributed by atoms with E-state index in [1.807, 2.05) is 0 Å². The topological polar surface area (TPSA) is 88.5 Å². The van der Waals surface area contributed by atoms with Crippen LogP contribution in [0.15, 0.2) is 11.0 Å². The second kappa shape index (κ2) is 4.92. The van der Waals surface area contributed by atoms with Crippen LogP contribution in [-0.4, -0.2) is 75.9 Å². The van der Waals surface area contributed by atoms with Crippen LogP contribution in [0.25, 0.3) is 0 Å². The minimum atomic E-state index is -4.52. The Labute approximate surface area is 118 Å². The van der Waals surface area contributed by atoms with Crippen molar-refractivity contribution in [3.63, 3.8) is 0 Å². The molecule has 0 saturated carbocycles. The van der Waals surface area contributed by atoms with Crippen LogP contribution < -0.4 is 0 Å². The molecule has 0 amide bonds. The number of carbonyl (C=O) groups is 2. The standard InChI is InChI=1S/C6H6O5S.K.H/c7-4-1-2-5(8)6(3-4)12(9,10)11;;/h3H,1-2H2,(H,9,10,11);;. The van der Waals surface area contributed by atoms with Gasteiger partial charge in [-0.15, -0.1) is 0 Å². The summed E-state index contributed by atoms with van der Waals surface area (Å²) in [6, 6.07) is 0. The zero-order valence-electron chi connectivity index (χ0n) is 5.98. The molecule has 1 aliphatic carbocycles. The van der Waals surface area contributed by atoms with Crippen LogP contribution in [0.3, 0.4) is 0 Å². The first-order valence-electron chi connectivity index (χ1n) is 3.16. The average molecular weight is 230 g/mol. The molecule has 0 unspecified atom stereocenters. The molecule has 68 valence electrons. The number of hydrogen-bond donors (Lipinski definition) is 1.